The molecule has 0 aliphatic heterocycles. The van der Waals surface area contributed by atoms with Gasteiger partial charge in [-0.05, 0) is 24.3 Å². The van der Waals surface area contributed by atoms with Crippen molar-refractivity contribution < 1.29 is 13.6 Å². The minimum atomic E-state index is -3.48. The highest BCUT2D eigenvalue weighted by molar-refractivity contribution is 9.10. The zero-order chi connectivity index (χ0) is 9.90. The average molecular weight is 248 g/mol. The van der Waals surface area contributed by atoms with Gasteiger partial charge in [0.2, 0.25) is 6.08 Å². The van der Waals surface area contributed by atoms with Gasteiger partial charge in [-0.15, -0.1) is 4.99 Å². The molecule has 0 spiro atoms. The molecule has 68 valence electrons. The van der Waals surface area contributed by atoms with Gasteiger partial charge in [-0.1, -0.05) is 15.9 Å². The highest BCUT2D eigenvalue weighted by Crippen LogP contribution is 2.29. The van der Waals surface area contributed by atoms with Crippen molar-refractivity contribution >= 4 is 22.0 Å². The molecule has 0 heterocycles. The summed E-state index contributed by atoms with van der Waals surface area (Å²) in [6, 6.07) is 1.78. The molecule has 0 unspecified atom stereocenters. The number of isocyanates is 1. The third-order valence-corrected chi connectivity index (χ3v) is 1.91. The maximum Gasteiger partial charge on any atom is 0.379 e. The van der Waals surface area contributed by atoms with Crippen LogP contribution in [-0.4, -0.2) is 6.08 Å². The molecule has 0 N–H and O–H groups in total. The highest BCUT2D eigenvalue weighted by Gasteiger charge is 2.30. The molecule has 0 fully saturated rings. The van der Waals surface area contributed by atoms with Gasteiger partial charge in [-0.2, -0.15) is 8.78 Å². The minimum absolute atomic E-state index is 0.334. The van der Waals surface area contributed by atoms with Gasteiger partial charge in [0.25, 0.3) is 0 Å². The first-order valence-electron chi connectivity index (χ1n) is 3.29. The minimum Gasteiger partial charge on any atom is -0.211 e. The predicted molar refractivity (Wildman–Crippen MR) is 46.2 cm³/mol. The zero-order valence-corrected chi connectivity index (χ0v) is 7.88. The first-order valence-corrected chi connectivity index (χ1v) is 4.08. The third kappa shape index (κ3) is 2.44. The number of hydrogen-bond acceptors (Lipinski definition) is 2. The van der Waals surface area contributed by atoms with Crippen LogP contribution in [0.4, 0.5) is 8.78 Å². The number of aliphatic imine (C=N–C) groups is 1. The van der Waals surface area contributed by atoms with E-state index >= 15 is 0 Å². The molecule has 0 amide bonds. The summed E-state index contributed by atoms with van der Waals surface area (Å²) in [4.78, 5) is 12.1. The van der Waals surface area contributed by atoms with Gasteiger partial charge in [-0.25, -0.2) is 4.79 Å². The number of halogens is 3. The smallest absolute Gasteiger partial charge is 0.211 e. The molecule has 0 saturated heterocycles. The zero-order valence-electron chi connectivity index (χ0n) is 6.30. The molecule has 0 saturated carbocycles. The second-order valence-electron chi connectivity index (χ2n) is 2.25. The number of carbonyl (C=O) groups excluding carboxylic acids is 1. The molecule has 1 aromatic rings. The summed E-state index contributed by atoms with van der Waals surface area (Å²) in [5.41, 5.74) is -0.334. The van der Waals surface area contributed by atoms with Crippen LogP contribution in [0, 0.1) is 0 Å². The standard InChI is InChI=1S/C8H4BrF2NO/c9-7-3-1-6(2-4-7)8(10,11)12-5-13/h1-4H. The lowest BCUT2D eigenvalue weighted by atomic mass is 10.2. The molecule has 1 rings (SSSR count). The Hall–Kier alpha value is -1.06. The van der Waals surface area contributed by atoms with Gasteiger partial charge >= 0.3 is 6.05 Å². The van der Waals surface area contributed by atoms with Crippen LogP contribution in [0.5, 0.6) is 0 Å². The monoisotopic (exact) mass is 247 g/mol. The van der Waals surface area contributed by atoms with Gasteiger partial charge in [0, 0.05) is 10.0 Å². The lowest BCUT2D eigenvalue weighted by molar-refractivity contribution is 0.00616. The van der Waals surface area contributed by atoms with Crippen LogP contribution < -0.4 is 0 Å². The van der Waals surface area contributed by atoms with Crippen molar-refractivity contribution in [3.05, 3.63) is 34.3 Å². The van der Waals surface area contributed by atoms with Crippen molar-refractivity contribution in [1.82, 2.24) is 0 Å². The number of rotatable bonds is 2. The molecular formula is C8H4BrF2NO. The van der Waals surface area contributed by atoms with Crippen molar-refractivity contribution in [2.45, 2.75) is 6.05 Å². The Morgan fingerprint density at radius 3 is 2.31 bits per heavy atom. The van der Waals surface area contributed by atoms with Crippen molar-refractivity contribution in [2.24, 2.45) is 4.99 Å². The largest absolute Gasteiger partial charge is 0.379 e. The Morgan fingerprint density at radius 1 is 1.31 bits per heavy atom. The molecule has 0 bridgehead atoms. The van der Waals surface area contributed by atoms with E-state index in [0.717, 1.165) is 6.08 Å². The summed E-state index contributed by atoms with van der Waals surface area (Å²) >= 11 is 3.10. The molecular weight excluding hydrogens is 244 g/mol. The van der Waals surface area contributed by atoms with E-state index in [1.165, 1.54) is 24.3 Å². The van der Waals surface area contributed by atoms with E-state index in [-0.39, 0.29) is 5.56 Å². The average Bonchev–Trinajstić information content (AvgIpc) is 2.05. The van der Waals surface area contributed by atoms with E-state index in [0.29, 0.717) is 4.47 Å². The van der Waals surface area contributed by atoms with E-state index in [1.807, 2.05) is 0 Å². The molecule has 0 aromatic heterocycles. The van der Waals surface area contributed by atoms with Crippen LogP contribution >= 0.6 is 15.9 Å². The predicted octanol–water partition coefficient (Wildman–Crippen LogP) is 2.83. The molecule has 2 nitrogen and oxygen atoms in total. The summed E-state index contributed by atoms with van der Waals surface area (Å²) in [6.45, 7) is 0. The summed E-state index contributed by atoms with van der Waals surface area (Å²) in [6.07, 6.45) is 0.834. The van der Waals surface area contributed by atoms with Crippen LogP contribution in [0.15, 0.2) is 33.7 Å². The molecule has 0 atom stereocenters. The van der Waals surface area contributed by atoms with Gasteiger partial charge in [0.1, 0.15) is 0 Å². The van der Waals surface area contributed by atoms with Gasteiger partial charge in [0.15, 0.2) is 0 Å². The van der Waals surface area contributed by atoms with Crippen molar-refractivity contribution in [2.75, 3.05) is 0 Å². The van der Waals surface area contributed by atoms with E-state index in [1.54, 1.807) is 0 Å². The second-order valence-corrected chi connectivity index (χ2v) is 3.17. The molecule has 5 heteroatoms. The van der Waals surface area contributed by atoms with E-state index in [2.05, 4.69) is 20.9 Å². The topological polar surface area (TPSA) is 29.4 Å². The number of benzene rings is 1. The van der Waals surface area contributed by atoms with Crippen LogP contribution in [0.25, 0.3) is 0 Å². The molecule has 1 aromatic carbocycles. The Balaban J connectivity index is 3.07. The van der Waals surface area contributed by atoms with Gasteiger partial charge in [-0.3, -0.25) is 0 Å². The fourth-order valence-corrected chi connectivity index (χ4v) is 1.04. The summed E-state index contributed by atoms with van der Waals surface area (Å²) in [5.74, 6) is 0. The second kappa shape index (κ2) is 3.77. The van der Waals surface area contributed by atoms with Crippen molar-refractivity contribution in [3.8, 4) is 0 Å². The maximum absolute atomic E-state index is 12.8. The van der Waals surface area contributed by atoms with E-state index in [4.69, 9.17) is 0 Å². The Labute approximate surface area is 81.4 Å². The molecule has 0 radical (unpaired) electrons. The molecule has 0 aliphatic rings. The van der Waals surface area contributed by atoms with Gasteiger partial charge in [0.05, 0.1) is 0 Å². The normalized spacial score (nSPS) is 10.7. The van der Waals surface area contributed by atoms with E-state index in [9.17, 15) is 13.6 Å². The van der Waals surface area contributed by atoms with Crippen LogP contribution in [0.2, 0.25) is 0 Å². The van der Waals surface area contributed by atoms with E-state index < -0.39 is 6.05 Å². The van der Waals surface area contributed by atoms with Crippen molar-refractivity contribution in [3.63, 3.8) is 0 Å². The maximum atomic E-state index is 12.8. The van der Waals surface area contributed by atoms with Crippen molar-refractivity contribution in [1.29, 1.82) is 0 Å². The fourth-order valence-electron chi connectivity index (χ4n) is 0.772. The summed E-state index contributed by atoms with van der Waals surface area (Å²) < 4.78 is 26.4. The SMILES string of the molecule is O=C=NC(F)(F)c1ccc(Br)cc1. The summed E-state index contributed by atoms with van der Waals surface area (Å²) in [7, 11) is 0. The number of alkyl halides is 2. The van der Waals surface area contributed by atoms with Crippen LogP contribution in [0.1, 0.15) is 5.56 Å². The Bertz CT molecular complexity index is 344. The lowest BCUT2D eigenvalue weighted by Gasteiger charge is -2.08. The third-order valence-electron chi connectivity index (χ3n) is 1.38. The lowest BCUT2D eigenvalue weighted by Crippen LogP contribution is -2.08. The highest BCUT2D eigenvalue weighted by atomic mass is 79.9. The van der Waals surface area contributed by atoms with Crippen LogP contribution in [0.3, 0.4) is 0 Å². The Kier molecular flexibility index (Phi) is 2.90. The fraction of sp³-hybridized carbons (Fsp3) is 0.125. The van der Waals surface area contributed by atoms with Crippen LogP contribution in [-0.2, 0) is 10.8 Å². The number of nitrogens with zero attached hydrogens (tertiary/aromatic N) is 1. The first kappa shape index (κ1) is 10.0. The first-order chi connectivity index (χ1) is 6.06. The van der Waals surface area contributed by atoms with Gasteiger partial charge < -0.3 is 0 Å². The summed E-state index contributed by atoms with van der Waals surface area (Å²) in [5, 5.41) is 0. The molecule has 13 heavy (non-hydrogen) atoms. The quantitative estimate of drug-likeness (QED) is 0.449. The number of hydrogen-bond donors (Lipinski definition) is 0. The molecule has 0 aliphatic carbocycles. The Morgan fingerprint density at radius 2 is 1.85 bits per heavy atom.